The molecule has 0 aliphatic carbocycles. The Labute approximate surface area is 195 Å². The molecule has 0 unspecified atom stereocenters. The lowest BCUT2D eigenvalue weighted by atomic mass is 10.0. The predicted octanol–water partition coefficient (Wildman–Crippen LogP) is 4.97. The third-order valence-corrected chi connectivity index (χ3v) is 5.73. The molecule has 0 saturated carbocycles. The summed E-state index contributed by atoms with van der Waals surface area (Å²) < 4.78 is 0. The monoisotopic (exact) mass is 448 g/mol. The number of halogens is 1. The molecule has 0 aliphatic rings. The summed E-state index contributed by atoms with van der Waals surface area (Å²) in [6.07, 6.45) is 0.572. The molecule has 1 atom stereocenters. The molecule has 1 N–H and O–H groups in total. The Morgan fingerprint density at radius 3 is 2.31 bits per heavy atom. The van der Waals surface area contributed by atoms with E-state index >= 15 is 0 Å². The number of carbonyl (C=O) groups excluding carboxylic acids is 2. The fourth-order valence-electron chi connectivity index (χ4n) is 3.76. The van der Waals surface area contributed by atoms with Gasteiger partial charge in [-0.1, -0.05) is 90.0 Å². The maximum absolute atomic E-state index is 13.6. The summed E-state index contributed by atoms with van der Waals surface area (Å²) in [7, 11) is 0. The molecule has 166 valence electrons. The van der Waals surface area contributed by atoms with E-state index in [0.29, 0.717) is 24.5 Å². The first-order chi connectivity index (χ1) is 15.5. The number of nitrogens with zero attached hydrogens (tertiary/aromatic N) is 1. The SMILES string of the molecule is CCNC(=O)[C@@H](Cc1ccccc1)N(Cc1cccc(C)c1)C(=O)Cc1ccccc1Cl. The fraction of sp³-hybridized carbons (Fsp3) is 0.259. The lowest BCUT2D eigenvalue weighted by Crippen LogP contribution is -2.51. The van der Waals surface area contributed by atoms with Crippen LogP contribution in [0.1, 0.15) is 29.2 Å². The van der Waals surface area contributed by atoms with Crippen molar-refractivity contribution in [3.8, 4) is 0 Å². The largest absolute Gasteiger partial charge is 0.355 e. The van der Waals surface area contributed by atoms with Crippen molar-refractivity contribution in [3.63, 3.8) is 0 Å². The molecule has 3 aromatic carbocycles. The molecule has 4 nitrogen and oxygen atoms in total. The highest BCUT2D eigenvalue weighted by Gasteiger charge is 2.30. The van der Waals surface area contributed by atoms with E-state index in [-0.39, 0.29) is 18.2 Å². The molecular formula is C27H29ClN2O2. The van der Waals surface area contributed by atoms with E-state index in [4.69, 9.17) is 11.6 Å². The van der Waals surface area contributed by atoms with Gasteiger partial charge >= 0.3 is 0 Å². The van der Waals surface area contributed by atoms with Crippen molar-refractivity contribution in [2.75, 3.05) is 6.54 Å². The number of hydrogen-bond donors (Lipinski definition) is 1. The average Bonchev–Trinajstić information content (AvgIpc) is 2.78. The second-order valence-corrected chi connectivity index (χ2v) is 8.29. The Kier molecular flexibility index (Phi) is 8.46. The molecule has 3 rings (SSSR count). The van der Waals surface area contributed by atoms with Crippen LogP contribution in [0.4, 0.5) is 0 Å². The normalized spacial score (nSPS) is 11.6. The quantitative estimate of drug-likeness (QED) is 0.502. The van der Waals surface area contributed by atoms with E-state index in [2.05, 4.69) is 5.32 Å². The highest BCUT2D eigenvalue weighted by Crippen LogP contribution is 2.20. The Bertz CT molecular complexity index is 1050. The van der Waals surface area contributed by atoms with Crippen molar-refractivity contribution in [1.29, 1.82) is 0 Å². The molecule has 5 heteroatoms. The van der Waals surface area contributed by atoms with E-state index < -0.39 is 6.04 Å². The van der Waals surface area contributed by atoms with Crippen LogP contribution in [0.15, 0.2) is 78.9 Å². The van der Waals surface area contributed by atoms with Gasteiger partial charge in [0.05, 0.1) is 6.42 Å². The first-order valence-electron chi connectivity index (χ1n) is 10.9. The molecule has 0 heterocycles. The van der Waals surface area contributed by atoms with E-state index in [1.807, 2.05) is 86.6 Å². The van der Waals surface area contributed by atoms with Gasteiger partial charge in [0.25, 0.3) is 0 Å². The summed E-state index contributed by atoms with van der Waals surface area (Å²) in [4.78, 5) is 28.4. The lowest BCUT2D eigenvalue weighted by molar-refractivity contribution is -0.140. The Morgan fingerprint density at radius 1 is 0.938 bits per heavy atom. The molecule has 0 aliphatic heterocycles. The highest BCUT2D eigenvalue weighted by molar-refractivity contribution is 6.31. The average molecular weight is 449 g/mol. The van der Waals surface area contributed by atoms with Crippen LogP contribution in [0.25, 0.3) is 0 Å². The number of carbonyl (C=O) groups is 2. The molecule has 0 radical (unpaired) electrons. The van der Waals surface area contributed by atoms with Gasteiger partial charge in [0, 0.05) is 24.5 Å². The second-order valence-electron chi connectivity index (χ2n) is 7.88. The first-order valence-corrected chi connectivity index (χ1v) is 11.3. The van der Waals surface area contributed by atoms with E-state index in [0.717, 1.165) is 22.3 Å². The zero-order chi connectivity index (χ0) is 22.9. The molecular weight excluding hydrogens is 420 g/mol. The molecule has 2 amide bonds. The second kappa shape index (κ2) is 11.5. The fourth-order valence-corrected chi connectivity index (χ4v) is 3.96. The van der Waals surface area contributed by atoms with Crippen LogP contribution in [0, 0.1) is 6.92 Å². The summed E-state index contributed by atoms with van der Waals surface area (Å²) in [6, 6.07) is 24.5. The predicted molar refractivity (Wildman–Crippen MR) is 130 cm³/mol. The molecule has 0 spiro atoms. The minimum atomic E-state index is -0.632. The number of amides is 2. The zero-order valence-corrected chi connectivity index (χ0v) is 19.3. The van der Waals surface area contributed by atoms with Crippen LogP contribution in [0.2, 0.25) is 5.02 Å². The summed E-state index contributed by atoms with van der Waals surface area (Å²) in [5.41, 5.74) is 3.85. The molecule has 32 heavy (non-hydrogen) atoms. The van der Waals surface area contributed by atoms with Crippen LogP contribution in [-0.2, 0) is 29.0 Å². The van der Waals surface area contributed by atoms with Crippen LogP contribution in [-0.4, -0.2) is 29.3 Å². The number of likely N-dealkylation sites (N-methyl/N-ethyl adjacent to an activating group) is 1. The molecule has 0 bridgehead atoms. The Balaban J connectivity index is 1.96. The Hall–Kier alpha value is -3.11. The molecule has 0 saturated heterocycles. The summed E-state index contributed by atoms with van der Waals surface area (Å²) in [5, 5.41) is 3.46. The highest BCUT2D eigenvalue weighted by atomic mass is 35.5. The maximum Gasteiger partial charge on any atom is 0.243 e. The van der Waals surface area contributed by atoms with Crippen molar-refractivity contribution in [1.82, 2.24) is 10.2 Å². The first kappa shape index (κ1) is 23.6. The van der Waals surface area contributed by atoms with Crippen LogP contribution in [0.3, 0.4) is 0 Å². The van der Waals surface area contributed by atoms with E-state index in [9.17, 15) is 9.59 Å². The number of aryl methyl sites for hydroxylation is 1. The third kappa shape index (κ3) is 6.44. The molecule has 0 aromatic heterocycles. The maximum atomic E-state index is 13.6. The van der Waals surface area contributed by atoms with E-state index in [1.165, 1.54) is 0 Å². The standard InChI is InChI=1S/C27H29ClN2O2/c1-3-29-27(32)25(17-21-11-5-4-6-12-21)30(19-22-13-9-10-20(2)16-22)26(31)18-23-14-7-8-15-24(23)28/h4-16,25H,3,17-19H2,1-2H3,(H,29,32)/t25-/m1/s1. The van der Waals surface area contributed by atoms with Gasteiger partial charge in [-0.25, -0.2) is 0 Å². The van der Waals surface area contributed by atoms with Gasteiger partial charge in [0.2, 0.25) is 11.8 Å². The lowest BCUT2D eigenvalue weighted by Gasteiger charge is -2.31. The molecule has 0 fully saturated rings. The Morgan fingerprint density at radius 2 is 1.62 bits per heavy atom. The number of benzene rings is 3. The van der Waals surface area contributed by atoms with Gasteiger partial charge in [-0.2, -0.15) is 0 Å². The molecule has 3 aromatic rings. The van der Waals surface area contributed by atoms with Gasteiger partial charge in [0.15, 0.2) is 0 Å². The van der Waals surface area contributed by atoms with Crippen molar-refractivity contribution >= 4 is 23.4 Å². The number of nitrogens with one attached hydrogen (secondary N) is 1. The van der Waals surface area contributed by atoms with Crippen LogP contribution in [0.5, 0.6) is 0 Å². The van der Waals surface area contributed by atoms with Gasteiger partial charge in [-0.15, -0.1) is 0 Å². The summed E-state index contributed by atoms with van der Waals surface area (Å²) in [5.74, 6) is -0.289. The third-order valence-electron chi connectivity index (χ3n) is 5.36. The van der Waals surface area contributed by atoms with Crippen LogP contribution < -0.4 is 5.32 Å². The van der Waals surface area contributed by atoms with Gasteiger partial charge in [-0.3, -0.25) is 9.59 Å². The van der Waals surface area contributed by atoms with Crippen molar-refractivity contribution in [2.45, 2.75) is 39.3 Å². The van der Waals surface area contributed by atoms with Gasteiger partial charge in [0.1, 0.15) is 6.04 Å². The zero-order valence-electron chi connectivity index (χ0n) is 18.6. The topological polar surface area (TPSA) is 49.4 Å². The number of rotatable bonds is 9. The summed E-state index contributed by atoms with van der Waals surface area (Å²) in [6.45, 7) is 4.75. The van der Waals surface area contributed by atoms with Crippen molar-refractivity contribution in [3.05, 3.63) is 106 Å². The van der Waals surface area contributed by atoms with E-state index in [1.54, 1.807) is 11.0 Å². The minimum absolute atomic E-state index is 0.133. The number of hydrogen-bond acceptors (Lipinski definition) is 2. The van der Waals surface area contributed by atoms with Crippen LogP contribution >= 0.6 is 11.6 Å². The smallest absolute Gasteiger partial charge is 0.243 e. The van der Waals surface area contributed by atoms with Gasteiger partial charge < -0.3 is 10.2 Å². The summed E-state index contributed by atoms with van der Waals surface area (Å²) >= 11 is 6.33. The van der Waals surface area contributed by atoms with Crippen molar-refractivity contribution in [2.24, 2.45) is 0 Å². The minimum Gasteiger partial charge on any atom is -0.355 e. The van der Waals surface area contributed by atoms with Gasteiger partial charge in [-0.05, 0) is 36.6 Å². The van der Waals surface area contributed by atoms with Crippen molar-refractivity contribution < 1.29 is 9.59 Å².